The Bertz CT molecular complexity index is 1740. The molecule has 0 radical (unpaired) electrons. The number of carbonyl (C=O) groups is 1. The summed E-state index contributed by atoms with van der Waals surface area (Å²) in [5.41, 5.74) is 10.6. The Morgan fingerprint density at radius 1 is 0.646 bits per heavy atom. The predicted octanol–water partition coefficient (Wildman–Crippen LogP) is 4.96. The van der Waals surface area contributed by atoms with Crippen molar-refractivity contribution in [2.45, 2.75) is 44.6 Å². The van der Waals surface area contributed by atoms with Gasteiger partial charge in [-0.15, -0.1) is 0 Å². The van der Waals surface area contributed by atoms with E-state index in [0.29, 0.717) is 5.69 Å². The molecule has 250 valence electrons. The van der Waals surface area contributed by atoms with E-state index in [1.807, 2.05) is 48.8 Å². The first-order valence-corrected chi connectivity index (χ1v) is 17.7. The number of aliphatic hydroxyl groups excluding tert-OH is 1. The average Bonchev–Trinajstić information content (AvgIpc) is 3.81. The molecule has 1 unspecified atom stereocenters. The van der Waals surface area contributed by atoms with Crippen molar-refractivity contribution in [3.05, 3.63) is 118 Å². The van der Waals surface area contributed by atoms with Crippen LogP contribution in [0.4, 0.5) is 11.4 Å². The van der Waals surface area contributed by atoms with Crippen LogP contribution in [0.1, 0.15) is 68.5 Å². The number of fused-ring (bicyclic) bond motifs is 2. The van der Waals surface area contributed by atoms with E-state index in [2.05, 4.69) is 67.9 Å². The third kappa shape index (κ3) is 7.02. The van der Waals surface area contributed by atoms with Crippen LogP contribution in [0.25, 0.3) is 0 Å². The van der Waals surface area contributed by atoms with Gasteiger partial charge in [0, 0.05) is 87.3 Å². The molecule has 4 aliphatic rings. The zero-order valence-corrected chi connectivity index (χ0v) is 28.4. The Hall–Kier alpha value is -4.11. The van der Waals surface area contributed by atoms with Gasteiger partial charge >= 0.3 is 0 Å². The van der Waals surface area contributed by atoms with Gasteiger partial charge < -0.3 is 24.7 Å². The van der Waals surface area contributed by atoms with Gasteiger partial charge in [0.15, 0.2) is 0 Å². The molecule has 2 aromatic carbocycles. The fraction of sp³-hybridized carbons (Fsp3) is 0.425. The first-order valence-electron chi connectivity index (χ1n) is 17.7. The van der Waals surface area contributed by atoms with Crippen LogP contribution in [0.3, 0.4) is 0 Å². The summed E-state index contributed by atoms with van der Waals surface area (Å²) in [5.74, 6) is 0.0410. The van der Waals surface area contributed by atoms with Crippen molar-refractivity contribution in [1.29, 1.82) is 0 Å². The summed E-state index contributed by atoms with van der Waals surface area (Å²) in [4.78, 5) is 31.4. The van der Waals surface area contributed by atoms with Crippen molar-refractivity contribution in [2.75, 3.05) is 76.3 Å². The second kappa shape index (κ2) is 14.6. The van der Waals surface area contributed by atoms with Crippen LogP contribution in [-0.4, -0.2) is 97.1 Å². The van der Waals surface area contributed by atoms with Crippen molar-refractivity contribution >= 4 is 17.2 Å². The smallest absolute Gasteiger partial charge is 0.213 e. The highest BCUT2D eigenvalue weighted by Gasteiger charge is 2.24. The number of aromatic nitrogens is 2. The summed E-state index contributed by atoms with van der Waals surface area (Å²) in [7, 11) is 4.30. The van der Waals surface area contributed by atoms with E-state index in [1.54, 1.807) is 0 Å². The Morgan fingerprint density at radius 2 is 1.17 bits per heavy atom. The minimum atomic E-state index is -0.660. The first-order chi connectivity index (χ1) is 23.4. The Labute approximate surface area is 285 Å². The second-order valence-corrected chi connectivity index (χ2v) is 13.8. The maximum atomic E-state index is 13.1. The summed E-state index contributed by atoms with van der Waals surface area (Å²) in [6, 6.07) is 20.3. The third-order valence-electron chi connectivity index (χ3n) is 10.6. The highest BCUT2D eigenvalue weighted by molar-refractivity contribution is 6.11. The normalized spacial score (nSPS) is 18.6. The molecule has 48 heavy (non-hydrogen) atoms. The lowest BCUT2D eigenvalue weighted by atomic mass is 10.0. The molecule has 0 amide bonds. The van der Waals surface area contributed by atoms with Crippen LogP contribution in [0.5, 0.6) is 0 Å². The summed E-state index contributed by atoms with van der Waals surface area (Å²) in [5, 5.41) is 11.0. The number of carbonyl (C=O) groups excluding carboxylic acids is 1. The summed E-state index contributed by atoms with van der Waals surface area (Å²) >= 11 is 0. The molecule has 2 aliphatic carbocycles. The molecule has 0 saturated carbocycles. The number of piperazine rings is 2. The van der Waals surface area contributed by atoms with Gasteiger partial charge in [0.05, 0.1) is 5.69 Å². The van der Waals surface area contributed by atoms with Gasteiger partial charge in [0.25, 0.3) is 0 Å². The number of anilines is 2. The van der Waals surface area contributed by atoms with Crippen LogP contribution in [0.2, 0.25) is 0 Å². The number of aliphatic hydroxyl groups is 1. The van der Waals surface area contributed by atoms with Crippen molar-refractivity contribution in [2.24, 2.45) is 0 Å². The van der Waals surface area contributed by atoms with Crippen molar-refractivity contribution in [1.82, 2.24) is 19.8 Å². The minimum Gasteiger partial charge on any atom is -0.382 e. The number of hydrogen-bond donors (Lipinski definition) is 1. The average molecular weight is 645 g/mol. The van der Waals surface area contributed by atoms with E-state index in [4.69, 9.17) is 0 Å². The Morgan fingerprint density at radius 3 is 1.83 bits per heavy atom. The summed E-state index contributed by atoms with van der Waals surface area (Å²) < 4.78 is 0. The molecule has 4 aromatic rings. The molecule has 4 heterocycles. The van der Waals surface area contributed by atoms with Crippen molar-refractivity contribution < 1.29 is 9.90 Å². The summed E-state index contributed by atoms with van der Waals surface area (Å²) in [6.45, 7) is 8.08. The fourth-order valence-electron chi connectivity index (χ4n) is 7.54. The number of benzene rings is 2. The lowest BCUT2D eigenvalue weighted by Gasteiger charge is -2.35. The summed E-state index contributed by atoms with van der Waals surface area (Å²) in [6.07, 6.45) is 9.96. The fourth-order valence-corrected chi connectivity index (χ4v) is 7.54. The molecule has 2 aromatic heterocycles. The van der Waals surface area contributed by atoms with Crippen molar-refractivity contribution in [3.63, 3.8) is 0 Å². The van der Waals surface area contributed by atoms with E-state index in [1.165, 1.54) is 35.1 Å². The highest BCUT2D eigenvalue weighted by atomic mass is 16.3. The van der Waals surface area contributed by atoms with Crippen LogP contribution in [0.15, 0.2) is 73.1 Å². The molecular weight excluding hydrogens is 596 g/mol. The first kappa shape index (κ1) is 32.4. The maximum Gasteiger partial charge on any atom is 0.213 e. The van der Waals surface area contributed by atoms with Crippen LogP contribution in [0, 0.1) is 0 Å². The lowest BCUT2D eigenvalue weighted by molar-refractivity contribution is 0.103. The molecule has 0 spiro atoms. The van der Waals surface area contributed by atoms with Crippen LogP contribution in [-0.2, 0) is 25.7 Å². The molecular formula is C40H48N6O2. The Kier molecular flexibility index (Phi) is 9.84. The van der Waals surface area contributed by atoms with E-state index in [0.717, 1.165) is 106 Å². The predicted molar refractivity (Wildman–Crippen MR) is 192 cm³/mol. The number of likely N-dealkylation sites (N-methyl/N-ethyl adjacent to an activating group) is 2. The van der Waals surface area contributed by atoms with Gasteiger partial charge in [0.1, 0.15) is 11.8 Å². The molecule has 2 fully saturated rings. The molecule has 0 bridgehead atoms. The quantitative estimate of drug-likeness (QED) is 0.296. The molecule has 2 saturated heterocycles. The number of ketones is 1. The number of rotatable bonds is 6. The standard InChI is InChI=1S/C20H25N3O.C20H23N3O/c2*1-22-9-11-23(12-10-22)19-8-3-2-7-17(19)20(24)18-13-15-5-4-6-16(15)14-21-18/h2-3,7-8,13-14,20,24H,4-6,9-12H2,1H3;2-3,7-8,13-14H,4-6,9-12H2,1H3. The topological polar surface area (TPSA) is 76.0 Å². The van der Waals surface area contributed by atoms with Gasteiger partial charge in [-0.2, -0.15) is 0 Å². The van der Waals surface area contributed by atoms with Crippen LogP contribution < -0.4 is 9.80 Å². The van der Waals surface area contributed by atoms with Crippen molar-refractivity contribution in [3.8, 4) is 0 Å². The molecule has 1 atom stereocenters. The zero-order chi connectivity index (χ0) is 33.0. The monoisotopic (exact) mass is 644 g/mol. The molecule has 1 N–H and O–H groups in total. The van der Waals surface area contributed by atoms with Crippen LogP contribution >= 0.6 is 0 Å². The third-order valence-corrected chi connectivity index (χ3v) is 10.6. The van der Waals surface area contributed by atoms with Gasteiger partial charge in [0.2, 0.25) is 5.78 Å². The SMILES string of the molecule is CN1CCN(c2ccccc2C(=O)c2cc3c(cn2)CCC3)CC1.CN1CCN(c2ccccc2C(O)c2cc3c(cn2)CCC3)CC1. The van der Waals surface area contributed by atoms with E-state index in [9.17, 15) is 9.90 Å². The zero-order valence-electron chi connectivity index (χ0n) is 28.4. The van der Waals surface area contributed by atoms with E-state index in [-0.39, 0.29) is 5.78 Å². The largest absolute Gasteiger partial charge is 0.382 e. The maximum absolute atomic E-state index is 13.1. The lowest BCUT2D eigenvalue weighted by Crippen LogP contribution is -2.45. The number of hydrogen-bond acceptors (Lipinski definition) is 8. The molecule has 8 nitrogen and oxygen atoms in total. The highest BCUT2D eigenvalue weighted by Crippen LogP contribution is 2.33. The molecule has 2 aliphatic heterocycles. The van der Waals surface area contributed by atoms with Gasteiger partial charge in [-0.25, -0.2) is 0 Å². The van der Waals surface area contributed by atoms with Gasteiger partial charge in [-0.3, -0.25) is 14.8 Å². The number of pyridine rings is 2. The van der Waals surface area contributed by atoms with E-state index < -0.39 is 6.10 Å². The number of nitrogens with zero attached hydrogens (tertiary/aromatic N) is 6. The number of para-hydroxylation sites is 2. The molecule has 8 rings (SSSR count). The second-order valence-electron chi connectivity index (χ2n) is 13.8. The van der Waals surface area contributed by atoms with E-state index >= 15 is 0 Å². The number of aryl methyl sites for hydroxylation is 4. The van der Waals surface area contributed by atoms with Gasteiger partial charge in [-0.1, -0.05) is 30.3 Å². The van der Waals surface area contributed by atoms with Gasteiger partial charge in [-0.05, 0) is 105 Å². The Balaban J connectivity index is 0.000000152. The molecule has 8 heteroatoms. The minimum absolute atomic E-state index is 0.0410.